The summed E-state index contributed by atoms with van der Waals surface area (Å²) in [5.74, 6) is 0.0204. The van der Waals surface area contributed by atoms with Crippen LogP contribution in [0.2, 0.25) is 5.02 Å². The van der Waals surface area contributed by atoms with Crippen molar-refractivity contribution in [3.05, 3.63) is 52.8 Å². The summed E-state index contributed by atoms with van der Waals surface area (Å²) in [6.07, 6.45) is 0.694. The summed E-state index contributed by atoms with van der Waals surface area (Å²) >= 11 is 6.03. The Balaban J connectivity index is 2.51. The molecule has 0 bridgehead atoms. The summed E-state index contributed by atoms with van der Waals surface area (Å²) in [6, 6.07) is 9.26. The average Bonchev–Trinajstić information content (AvgIpc) is 2.39. The smallest absolute Gasteiger partial charge is 0.150 e. The van der Waals surface area contributed by atoms with Crippen LogP contribution in [0.25, 0.3) is 11.1 Å². The molecule has 0 heterocycles. The van der Waals surface area contributed by atoms with Crippen LogP contribution in [0.3, 0.4) is 0 Å². The second kappa shape index (κ2) is 5.19. The van der Waals surface area contributed by atoms with Crippen LogP contribution in [0.4, 0.5) is 4.39 Å². The summed E-state index contributed by atoms with van der Waals surface area (Å²) < 4.78 is 18.8. The number of hydrogen-bond acceptors (Lipinski definition) is 2. The molecule has 0 spiro atoms. The predicted molar refractivity (Wildman–Crippen MR) is 68.8 cm³/mol. The van der Waals surface area contributed by atoms with Crippen LogP contribution < -0.4 is 4.74 Å². The molecule has 0 atom stereocenters. The molecule has 2 aromatic carbocycles. The van der Waals surface area contributed by atoms with Crippen molar-refractivity contribution in [1.82, 2.24) is 0 Å². The van der Waals surface area contributed by atoms with Crippen molar-refractivity contribution in [2.75, 3.05) is 7.11 Å². The number of benzene rings is 2. The molecular formula is C14H10ClFO2. The van der Waals surface area contributed by atoms with Crippen LogP contribution in [-0.2, 0) is 0 Å². The van der Waals surface area contributed by atoms with Crippen LogP contribution in [0, 0.1) is 5.82 Å². The fourth-order valence-corrected chi connectivity index (χ4v) is 1.96. The zero-order valence-electron chi connectivity index (χ0n) is 9.61. The molecule has 0 fully saturated rings. The van der Waals surface area contributed by atoms with Gasteiger partial charge in [0.2, 0.25) is 0 Å². The van der Waals surface area contributed by atoms with E-state index in [9.17, 15) is 9.18 Å². The van der Waals surface area contributed by atoms with Gasteiger partial charge in [0, 0.05) is 27.8 Å². The van der Waals surface area contributed by atoms with E-state index in [-0.39, 0.29) is 0 Å². The monoisotopic (exact) mass is 264 g/mol. The molecule has 4 heteroatoms. The zero-order valence-corrected chi connectivity index (χ0v) is 10.4. The summed E-state index contributed by atoms with van der Waals surface area (Å²) in [6.45, 7) is 0. The minimum atomic E-state index is -0.421. The maximum Gasteiger partial charge on any atom is 0.150 e. The molecule has 0 aliphatic carbocycles. The topological polar surface area (TPSA) is 26.3 Å². The summed E-state index contributed by atoms with van der Waals surface area (Å²) in [7, 11) is 1.47. The van der Waals surface area contributed by atoms with Crippen molar-refractivity contribution in [3.63, 3.8) is 0 Å². The van der Waals surface area contributed by atoms with Crippen LogP contribution in [0.1, 0.15) is 10.4 Å². The van der Waals surface area contributed by atoms with Gasteiger partial charge in [0.25, 0.3) is 0 Å². The molecule has 18 heavy (non-hydrogen) atoms. The normalized spacial score (nSPS) is 10.2. The van der Waals surface area contributed by atoms with Gasteiger partial charge in [-0.15, -0.1) is 0 Å². The highest BCUT2D eigenvalue weighted by Gasteiger charge is 2.10. The predicted octanol–water partition coefficient (Wildman–Crippen LogP) is 3.97. The second-order valence-corrected chi connectivity index (χ2v) is 4.11. The Kier molecular flexibility index (Phi) is 3.63. The molecule has 2 aromatic rings. The van der Waals surface area contributed by atoms with E-state index in [1.165, 1.54) is 19.2 Å². The van der Waals surface area contributed by atoms with Gasteiger partial charge in [0.1, 0.15) is 17.9 Å². The van der Waals surface area contributed by atoms with E-state index >= 15 is 0 Å². The summed E-state index contributed by atoms with van der Waals surface area (Å²) in [5, 5.41) is 0.337. The first-order chi connectivity index (χ1) is 8.65. The molecule has 0 aliphatic rings. The van der Waals surface area contributed by atoms with Gasteiger partial charge in [-0.25, -0.2) is 4.39 Å². The lowest BCUT2D eigenvalue weighted by atomic mass is 10.0. The zero-order chi connectivity index (χ0) is 13.1. The van der Waals surface area contributed by atoms with Crippen molar-refractivity contribution in [2.45, 2.75) is 0 Å². The Labute approximate surface area is 109 Å². The van der Waals surface area contributed by atoms with Gasteiger partial charge in [0.05, 0.1) is 7.11 Å². The fourth-order valence-electron chi connectivity index (χ4n) is 1.66. The molecule has 2 nitrogen and oxygen atoms in total. The molecule has 0 amide bonds. The standard InChI is InChI=1S/C14H10ClFO2/c1-18-10-3-5-12(14(16)7-10)11-4-2-9(8-17)6-13(11)15/h2-8H,1H3. The molecule has 0 aliphatic heterocycles. The third-order valence-corrected chi connectivity index (χ3v) is 2.91. The number of halogens is 2. The summed E-state index contributed by atoms with van der Waals surface area (Å²) in [5.41, 5.74) is 1.37. The minimum absolute atomic E-state index is 0.337. The van der Waals surface area contributed by atoms with E-state index in [4.69, 9.17) is 16.3 Å². The van der Waals surface area contributed by atoms with E-state index in [1.807, 2.05) is 0 Å². The van der Waals surface area contributed by atoms with Crippen molar-refractivity contribution in [3.8, 4) is 16.9 Å². The number of aldehydes is 1. The lowest BCUT2D eigenvalue weighted by Gasteiger charge is -2.08. The number of rotatable bonds is 3. The third-order valence-electron chi connectivity index (χ3n) is 2.60. The van der Waals surface area contributed by atoms with Gasteiger partial charge in [-0.3, -0.25) is 4.79 Å². The SMILES string of the molecule is COc1ccc(-c2ccc(C=O)cc2Cl)c(F)c1. The number of methoxy groups -OCH3 is 1. The van der Waals surface area contributed by atoms with Crippen molar-refractivity contribution in [2.24, 2.45) is 0 Å². The lowest BCUT2D eigenvalue weighted by molar-refractivity contribution is 0.112. The lowest BCUT2D eigenvalue weighted by Crippen LogP contribution is -1.90. The molecule has 0 saturated carbocycles. The molecule has 0 aromatic heterocycles. The largest absolute Gasteiger partial charge is 0.497 e. The van der Waals surface area contributed by atoms with E-state index in [2.05, 4.69) is 0 Å². The van der Waals surface area contributed by atoms with Crippen LogP contribution in [0.15, 0.2) is 36.4 Å². The van der Waals surface area contributed by atoms with Gasteiger partial charge >= 0.3 is 0 Å². The molecular weight excluding hydrogens is 255 g/mol. The van der Waals surface area contributed by atoms with Crippen molar-refractivity contribution < 1.29 is 13.9 Å². The van der Waals surface area contributed by atoms with Gasteiger partial charge in [-0.1, -0.05) is 23.7 Å². The number of hydrogen-bond donors (Lipinski definition) is 0. The van der Waals surface area contributed by atoms with E-state index < -0.39 is 5.82 Å². The first kappa shape index (κ1) is 12.6. The van der Waals surface area contributed by atoms with Gasteiger partial charge < -0.3 is 4.74 Å². The fraction of sp³-hybridized carbons (Fsp3) is 0.0714. The molecule has 0 unspecified atom stereocenters. The highest BCUT2D eigenvalue weighted by Crippen LogP contribution is 2.32. The highest BCUT2D eigenvalue weighted by atomic mass is 35.5. The number of ether oxygens (including phenoxy) is 1. The van der Waals surface area contributed by atoms with Crippen molar-refractivity contribution >= 4 is 17.9 Å². The Morgan fingerprint density at radius 1 is 1.17 bits per heavy atom. The Hall–Kier alpha value is -1.87. The quantitative estimate of drug-likeness (QED) is 0.784. The maximum absolute atomic E-state index is 13.9. The summed E-state index contributed by atoms with van der Waals surface area (Å²) in [4.78, 5) is 10.6. The minimum Gasteiger partial charge on any atom is -0.497 e. The molecule has 0 N–H and O–H groups in total. The highest BCUT2D eigenvalue weighted by molar-refractivity contribution is 6.33. The first-order valence-corrected chi connectivity index (χ1v) is 5.62. The number of carbonyl (C=O) groups excluding carboxylic acids is 1. The molecule has 92 valence electrons. The molecule has 0 radical (unpaired) electrons. The third kappa shape index (κ3) is 2.36. The van der Waals surface area contributed by atoms with Gasteiger partial charge in [0.15, 0.2) is 0 Å². The maximum atomic E-state index is 13.9. The Morgan fingerprint density at radius 3 is 2.44 bits per heavy atom. The van der Waals surface area contributed by atoms with Crippen molar-refractivity contribution in [1.29, 1.82) is 0 Å². The molecule has 2 rings (SSSR count). The van der Waals surface area contributed by atoms with E-state index in [0.717, 1.165) is 0 Å². The van der Waals surface area contributed by atoms with Gasteiger partial charge in [-0.2, -0.15) is 0 Å². The van der Waals surface area contributed by atoms with E-state index in [0.29, 0.717) is 33.7 Å². The molecule has 0 saturated heterocycles. The Bertz CT molecular complexity index is 596. The van der Waals surface area contributed by atoms with Crippen LogP contribution in [-0.4, -0.2) is 13.4 Å². The first-order valence-electron chi connectivity index (χ1n) is 5.24. The Morgan fingerprint density at radius 2 is 1.89 bits per heavy atom. The van der Waals surface area contributed by atoms with Gasteiger partial charge in [-0.05, 0) is 18.2 Å². The van der Waals surface area contributed by atoms with E-state index in [1.54, 1.807) is 24.3 Å². The average molecular weight is 265 g/mol. The second-order valence-electron chi connectivity index (χ2n) is 3.70. The van der Waals surface area contributed by atoms with Crippen LogP contribution in [0.5, 0.6) is 5.75 Å². The number of carbonyl (C=O) groups is 1. The van der Waals surface area contributed by atoms with Crippen LogP contribution >= 0.6 is 11.6 Å².